The third kappa shape index (κ3) is 4.12. The van der Waals surface area contributed by atoms with Crippen LogP contribution in [0.5, 0.6) is 0 Å². The lowest BCUT2D eigenvalue weighted by atomic mass is 10.1. The van der Waals surface area contributed by atoms with Crippen molar-refractivity contribution in [2.24, 2.45) is 5.73 Å². The molecule has 2 N–H and O–H groups in total. The van der Waals surface area contributed by atoms with E-state index < -0.39 is 0 Å². The second-order valence-electron chi connectivity index (χ2n) is 4.84. The molecule has 1 amide bonds. The summed E-state index contributed by atoms with van der Waals surface area (Å²) in [5.41, 5.74) is 7.40. The van der Waals surface area contributed by atoms with Crippen LogP contribution >= 0.6 is 12.2 Å². The van der Waals surface area contributed by atoms with Crippen LogP contribution in [-0.2, 0) is 11.3 Å². The minimum Gasteiger partial charge on any atom is -0.450 e. The van der Waals surface area contributed by atoms with Crippen LogP contribution in [0, 0.1) is 0 Å². The van der Waals surface area contributed by atoms with Crippen LogP contribution in [0.2, 0.25) is 0 Å². The number of carbonyl (C=O) groups is 1. The Balaban J connectivity index is 1.92. The zero-order chi connectivity index (χ0) is 15.2. The number of hydrogen-bond acceptors (Lipinski definition) is 5. The lowest BCUT2D eigenvalue weighted by Crippen LogP contribution is -2.48. The number of thiocarbonyl (C=S) groups is 1. The second-order valence-corrected chi connectivity index (χ2v) is 5.28. The molecule has 2 heterocycles. The summed E-state index contributed by atoms with van der Waals surface area (Å²) in [6.07, 6.45) is 1.46. The molecule has 0 unspecified atom stereocenters. The monoisotopic (exact) mass is 308 g/mol. The van der Waals surface area contributed by atoms with E-state index in [4.69, 9.17) is 22.7 Å². The SMILES string of the molecule is CCOC(=O)N1CCN(Cc2cccnc2C(N)=S)CC1. The molecule has 2 rings (SSSR count). The zero-order valence-corrected chi connectivity index (χ0v) is 12.9. The maximum absolute atomic E-state index is 11.6. The van der Waals surface area contributed by atoms with Gasteiger partial charge in [-0.15, -0.1) is 0 Å². The quantitative estimate of drug-likeness (QED) is 0.836. The fraction of sp³-hybridized carbons (Fsp3) is 0.500. The molecule has 0 aromatic carbocycles. The van der Waals surface area contributed by atoms with Crippen LogP contribution in [0.15, 0.2) is 18.3 Å². The predicted octanol–water partition coefficient (Wildman–Crippen LogP) is 0.990. The third-order valence-corrected chi connectivity index (χ3v) is 3.61. The molecule has 1 aromatic heterocycles. The third-order valence-electron chi connectivity index (χ3n) is 3.42. The standard InChI is InChI=1S/C14H20N4O2S/c1-2-20-14(19)18-8-6-17(7-9-18)10-11-4-3-5-16-12(11)13(15)21/h3-5H,2,6-10H2,1H3,(H2,15,21). The van der Waals surface area contributed by atoms with Gasteiger partial charge in [0.2, 0.25) is 0 Å². The number of rotatable bonds is 4. The summed E-state index contributed by atoms with van der Waals surface area (Å²) in [6, 6.07) is 3.87. The van der Waals surface area contributed by atoms with Gasteiger partial charge in [-0.1, -0.05) is 18.3 Å². The van der Waals surface area contributed by atoms with E-state index in [9.17, 15) is 4.79 Å². The van der Waals surface area contributed by atoms with E-state index in [1.165, 1.54) is 0 Å². The molecule has 0 saturated carbocycles. The Morgan fingerprint density at radius 1 is 1.43 bits per heavy atom. The van der Waals surface area contributed by atoms with Gasteiger partial charge in [-0.3, -0.25) is 9.88 Å². The van der Waals surface area contributed by atoms with Crippen molar-refractivity contribution in [1.29, 1.82) is 0 Å². The number of nitrogens with zero attached hydrogens (tertiary/aromatic N) is 3. The van der Waals surface area contributed by atoms with Crippen LogP contribution < -0.4 is 5.73 Å². The Kier molecular flexibility index (Phi) is 5.46. The fourth-order valence-corrected chi connectivity index (χ4v) is 2.52. The number of hydrogen-bond donors (Lipinski definition) is 1. The summed E-state index contributed by atoms with van der Waals surface area (Å²) < 4.78 is 5.01. The number of piperazine rings is 1. The van der Waals surface area contributed by atoms with Crippen LogP contribution in [-0.4, -0.2) is 58.7 Å². The van der Waals surface area contributed by atoms with Crippen molar-refractivity contribution >= 4 is 23.3 Å². The van der Waals surface area contributed by atoms with E-state index >= 15 is 0 Å². The summed E-state index contributed by atoms with van der Waals surface area (Å²) in [7, 11) is 0. The van der Waals surface area contributed by atoms with Crippen molar-refractivity contribution in [3.8, 4) is 0 Å². The van der Waals surface area contributed by atoms with Crippen LogP contribution in [0.25, 0.3) is 0 Å². The molecule has 1 aromatic rings. The van der Waals surface area contributed by atoms with Crippen molar-refractivity contribution in [1.82, 2.24) is 14.8 Å². The highest BCUT2D eigenvalue weighted by molar-refractivity contribution is 7.80. The summed E-state index contributed by atoms with van der Waals surface area (Å²) in [6.45, 7) is 5.88. The molecule has 1 aliphatic rings. The lowest BCUT2D eigenvalue weighted by Gasteiger charge is -2.34. The van der Waals surface area contributed by atoms with Crippen LogP contribution in [0.1, 0.15) is 18.2 Å². The van der Waals surface area contributed by atoms with Gasteiger partial charge in [0.25, 0.3) is 0 Å². The average molecular weight is 308 g/mol. The predicted molar refractivity (Wildman–Crippen MR) is 84.0 cm³/mol. The molecule has 1 saturated heterocycles. The molecule has 0 radical (unpaired) electrons. The van der Waals surface area contributed by atoms with Crippen LogP contribution in [0.3, 0.4) is 0 Å². The van der Waals surface area contributed by atoms with Gasteiger partial charge in [0.15, 0.2) is 0 Å². The van der Waals surface area contributed by atoms with Gasteiger partial charge in [0, 0.05) is 38.9 Å². The molecular formula is C14H20N4O2S. The van der Waals surface area contributed by atoms with E-state index in [1.807, 2.05) is 19.1 Å². The van der Waals surface area contributed by atoms with Gasteiger partial charge in [-0.2, -0.15) is 0 Å². The Morgan fingerprint density at radius 2 is 2.14 bits per heavy atom. The highest BCUT2D eigenvalue weighted by Crippen LogP contribution is 2.12. The van der Waals surface area contributed by atoms with Gasteiger partial charge in [-0.05, 0) is 18.6 Å². The summed E-state index contributed by atoms with van der Waals surface area (Å²) in [4.78, 5) is 20.2. The van der Waals surface area contributed by atoms with E-state index in [0.29, 0.717) is 30.4 Å². The van der Waals surface area contributed by atoms with Gasteiger partial charge >= 0.3 is 6.09 Å². The van der Waals surface area contributed by atoms with Crippen molar-refractivity contribution in [3.63, 3.8) is 0 Å². The first-order valence-corrected chi connectivity index (χ1v) is 7.40. The van der Waals surface area contributed by atoms with Gasteiger partial charge < -0.3 is 15.4 Å². The maximum Gasteiger partial charge on any atom is 0.409 e. The first-order valence-electron chi connectivity index (χ1n) is 6.99. The minimum atomic E-state index is -0.234. The topological polar surface area (TPSA) is 71.7 Å². The molecule has 0 atom stereocenters. The zero-order valence-electron chi connectivity index (χ0n) is 12.1. The molecule has 21 heavy (non-hydrogen) atoms. The molecule has 7 heteroatoms. The molecule has 6 nitrogen and oxygen atoms in total. The Morgan fingerprint density at radius 3 is 2.76 bits per heavy atom. The summed E-state index contributed by atoms with van der Waals surface area (Å²) in [5, 5.41) is 0. The number of pyridine rings is 1. The van der Waals surface area contributed by atoms with E-state index in [0.717, 1.165) is 25.2 Å². The molecule has 1 aliphatic heterocycles. The molecule has 0 aliphatic carbocycles. The van der Waals surface area contributed by atoms with Gasteiger partial charge in [-0.25, -0.2) is 4.79 Å². The number of aromatic nitrogens is 1. The second kappa shape index (κ2) is 7.33. The Bertz CT molecular complexity index is 515. The first kappa shape index (κ1) is 15.7. The molecular weight excluding hydrogens is 288 g/mol. The Labute approximate surface area is 129 Å². The van der Waals surface area contributed by atoms with Crippen molar-refractivity contribution in [3.05, 3.63) is 29.6 Å². The lowest BCUT2D eigenvalue weighted by molar-refractivity contribution is 0.0778. The molecule has 114 valence electrons. The highest BCUT2D eigenvalue weighted by Gasteiger charge is 2.22. The smallest absolute Gasteiger partial charge is 0.409 e. The van der Waals surface area contributed by atoms with Crippen molar-refractivity contribution in [2.45, 2.75) is 13.5 Å². The number of ether oxygens (including phenoxy) is 1. The molecule has 0 spiro atoms. The number of nitrogens with two attached hydrogens (primary N) is 1. The summed E-state index contributed by atoms with van der Waals surface area (Å²) >= 11 is 5.03. The highest BCUT2D eigenvalue weighted by atomic mass is 32.1. The van der Waals surface area contributed by atoms with E-state index in [2.05, 4.69) is 9.88 Å². The fourth-order valence-electron chi connectivity index (χ4n) is 2.33. The first-order chi connectivity index (χ1) is 10.1. The normalized spacial score (nSPS) is 15.8. The van der Waals surface area contributed by atoms with Crippen molar-refractivity contribution < 1.29 is 9.53 Å². The largest absolute Gasteiger partial charge is 0.450 e. The van der Waals surface area contributed by atoms with E-state index in [-0.39, 0.29) is 6.09 Å². The minimum absolute atomic E-state index is 0.234. The van der Waals surface area contributed by atoms with Crippen molar-refractivity contribution in [2.75, 3.05) is 32.8 Å². The maximum atomic E-state index is 11.6. The molecule has 0 bridgehead atoms. The number of carbonyl (C=O) groups excluding carboxylic acids is 1. The van der Waals surface area contributed by atoms with Gasteiger partial charge in [0.1, 0.15) is 10.7 Å². The van der Waals surface area contributed by atoms with E-state index in [1.54, 1.807) is 11.1 Å². The average Bonchev–Trinajstić information content (AvgIpc) is 2.48. The summed E-state index contributed by atoms with van der Waals surface area (Å²) in [5.74, 6) is 0. The van der Waals surface area contributed by atoms with Crippen LogP contribution in [0.4, 0.5) is 4.79 Å². The van der Waals surface area contributed by atoms with Gasteiger partial charge in [0.05, 0.1) is 6.61 Å². The Hall–Kier alpha value is -1.73. The number of amides is 1. The molecule has 1 fully saturated rings.